The molecule has 140 valence electrons. The third-order valence-electron chi connectivity index (χ3n) is 4.53. The van der Waals surface area contributed by atoms with Crippen LogP contribution in [0.15, 0.2) is 59.5 Å². The molecule has 1 aliphatic heterocycles. The first-order chi connectivity index (χ1) is 12.2. The van der Waals surface area contributed by atoms with Crippen molar-refractivity contribution in [2.75, 3.05) is 13.1 Å². The maximum Gasteiger partial charge on any atom is 0.393 e. The number of hydrogen-bond donors (Lipinski definition) is 1. The SMILES string of the molecule is N[C@@H]1CN(S(=O)(=O)c2ccc(CC(F)(F)F)cc2)C[C@H]1c1ccccc1. The fourth-order valence-electron chi connectivity index (χ4n) is 3.20. The maximum atomic E-state index is 12.8. The van der Waals surface area contributed by atoms with Crippen LogP contribution in [-0.2, 0) is 16.4 Å². The Labute approximate surface area is 150 Å². The van der Waals surface area contributed by atoms with E-state index in [2.05, 4.69) is 0 Å². The molecule has 8 heteroatoms. The van der Waals surface area contributed by atoms with Crippen molar-refractivity contribution in [1.29, 1.82) is 0 Å². The number of halogens is 3. The van der Waals surface area contributed by atoms with E-state index in [1.807, 2.05) is 30.3 Å². The second-order valence-corrected chi connectivity index (χ2v) is 8.38. The van der Waals surface area contributed by atoms with E-state index in [1.165, 1.54) is 28.6 Å². The number of rotatable bonds is 4. The van der Waals surface area contributed by atoms with Crippen LogP contribution >= 0.6 is 0 Å². The summed E-state index contributed by atoms with van der Waals surface area (Å²) in [6, 6.07) is 13.9. The number of sulfonamides is 1. The Balaban J connectivity index is 1.78. The Morgan fingerprint density at radius 3 is 2.19 bits per heavy atom. The minimum atomic E-state index is -4.33. The van der Waals surface area contributed by atoms with Crippen LogP contribution in [-0.4, -0.2) is 38.0 Å². The lowest BCUT2D eigenvalue weighted by Crippen LogP contribution is -2.32. The quantitative estimate of drug-likeness (QED) is 0.882. The third-order valence-corrected chi connectivity index (χ3v) is 6.37. The highest BCUT2D eigenvalue weighted by Crippen LogP contribution is 2.31. The van der Waals surface area contributed by atoms with Crippen molar-refractivity contribution in [3.8, 4) is 0 Å². The predicted molar refractivity (Wildman–Crippen MR) is 92.1 cm³/mol. The molecule has 0 saturated carbocycles. The molecule has 1 aliphatic rings. The van der Waals surface area contributed by atoms with Gasteiger partial charge < -0.3 is 5.73 Å². The van der Waals surface area contributed by atoms with Gasteiger partial charge in [-0.2, -0.15) is 17.5 Å². The van der Waals surface area contributed by atoms with Crippen molar-refractivity contribution in [2.45, 2.75) is 29.5 Å². The average Bonchev–Trinajstić information content (AvgIpc) is 2.97. The molecule has 0 bridgehead atoms. The number of nitrogens with zero attached hydrogens (tertiary/aromatic N) is 1. The van der Waals surface area contributed by atoms with Crippen molar-refractivity contribution < 1.29 is 21.6 Å². The largest absolute Gasteiger partial charge is 0.393 e. The first-order valence-corrected chi connectivity index (χ1v) is 9.57. The summed E-state index contributed by atoms with van der Waals surface area (Å²) in [5, 5.41) is 0. The predicted octanol–water partition coefficient (Wildman–Crippen LogP) is 2.91. The van der Waals surface area contributed by atoms with Crippen molar-refractivity contribution >= 4 is 10.0 Å². The highest BCUT2D eigenvalue weighted by Gasteiger charge is 2.38. The van der Waals surface area contributed by atoms with Gasteiger partial charge in [0, 0.05) is 25.0 Å². The zero-order valence-electron chi connectivity index (χ0n) is 13.9. The summed E-state index contributed by atoms with van der Waals surface area (Å²) in [6.07, 6.45) is -5.41. The summed E-state index contributed by atoms with van der Waals surface area (Å²) in [5.74, 6) is -0.115. The molecule has 0 spiro atoms. The van der Waals surface area contributed by atoms with Gasteiger partial charge in [-0.05, 0) is 23.3 Å². The van der Waals surface area contributed by atoms with Crippen LogP contribution in [0.2, 0.25) is 0 Å². The third kappa shape index (κ3) is 4.08. The molecule has 3 rings (SSSR count). The molecule has 2 N–H and O–H groups in total. The minimum Gasteiger partial charge on any atom is -0.326 e. The van der Waals surface area contributed by atoms with E-state index < -0.39 is 22.6 Å². The summed E-state index contributed by atoms with van der Waals surface area (Å²) in [7, 11) is -3.80. The van der Waals surface area contributed by atoms with Gasteiger partial charge in [-0.1, -0.05) is 42.5 Å². The van der Waals surface area contributed by atoms with Crippen LogP contribution in [0, 0.1) is 0 Å². The molecule has 0 unspecified atom stereocenters. The second kappa shape index (κ2) is 7.02. The molecule has 0 aromatic heterocycles. The molecule has 2 aromatic carbocycles. The summed E-state index contributed by atoms with van der Waals surface area (Å²) in [5.41, 5.74) is 7.13. The Bertz CT molecular complexity index is 852. The Morgan fingerprint density at radius 1 is 1.00 bits per heavy atom. The Morgan fingerprint density at radius 2 is 1.62 bits per heavy atom. The Hall–Kier alpha value is -1.90. The summed E-state index contributed by atoms with van der Waals surface area (Å²) < 4.78 is 64.2. The molecule has 1 saturated heterocycles. The van der Waals surface area contributed by atoms with Crippen molar-refractivity contribution in [1.82, 2.24) is 4.31 Å². The lowest BCUT2D eigenvalue weighted by molar-refractivity contribution is -0.127. The molecule has 26 heavy (non-hydrogen) atoms. The van der Waals surface area contributed by atoms with Gasteiger partial charge in [-0.25, -0.2) is 8.42 Å². The molecule has 0 amide bonds. The van der Waals surface area contributed by atoms with Gasteiger partial charge in [0.25, 0.3) is 0 Å². The van der Waals surface area contributed by atoms with Gasteiger partial charge in [0.15, 0.2) is 0 Å². The van der Waals surface area contributed by atoms with E-state index in [4.69, 9.17) is 5.73 Å². The first kappa shape index (κ1) is 18.9. The standard InChI is InChI=1S/C18H19F3N2O2S/c19-18(20,21)10-13-6-8-15(9-7-13)26(24,25)23-11-16(17(22)12-23)14-4-2-1-3-5-14/h1-9,16-17H,10-12,22H2/t16-,17+/m0/s1. The highest BCUT2D eigenvalue weighted by molar-refractivity contribution is 7.89. The number of alkyl halides is 3. The number of nitrogens with two attached hydrogens (primary N) is 1. The van der Waals surface area contributed by atoms with Gasteiger partial charge in [-0.15, -0.1) is 0 Å². The fourth-order valence-corrected chi connectivity index (χ4v) is 4.70. The van der Waals surface area contributed by atoms with E-state index in [9.17, 15) is 21.6 Å². The molecule has 1 heterocycles. The zero-order chi connectivity index (χ0) is 18.9. The average molecular weight is 384 g/mol. The van der Waals surface area contributed by atoms with Gasteiger partial charge in [-0.3, -0.25) is 0 Å². The molecule has 2 aromatic rings. The smallest absolute Gasteiger partial charge is 0.326 e. The maximum absolute atomic E-state index is 12.8. The number of benzene rings is 2. The lowest BCUT2D eigenvalue weighted by Gasteiger charge is -2.17. The lowest BCUT2D eigenvalue weighted by atomic mass is 9.95. The van der Waals surface area contributed by atoms with Crippen molar-refractivity contribution in [3.63, 3.8) is 0 Å². The summed E-state index contributed by atoms with van der Waals surface area (Å²) in [4.78, 5) is -0.0238. The first-order valence-electron chi connectivity index (χ1n) is 8.13. The highest BCUT2D eigenvalue weighted by atomic mass is 32.2. The fraction of sp³-hybridized carbons (Fsp3) is 0.333. The van der Waals surface area contributed by atoms with Gasteiger partial charge in [0.05, 0.1) is 11.3 Å². The van der Waals surface area contributed by atoms with Crippen LogP contribution in [0.1, 0.15) is 17.0 Å². The van der Waals surface area contributed by atoms with Crippen LogP contribution in [0.3, 0.4) is 0 Å². The summed E-state index contributed by atoms with van der Waals surface area (Å²) in [6.45, 7) is 0.421. The van der Waals surface area contributed by atoms with Crippen LogP contribution < -0.4 is 5.73 Å². The monoisotopic (exact) mass is 384 g/mol. The summed E-state index contributed by atoms with van der Waals surface area (Å²) >= 11 is 0. The molecule has 0 radical (unpaired) electrons. The minimum absolute atomic E-state index is 0.0238. The van der Waals surface area contributed by atoms with E-state index in [-0.39, 0.29) is 35.5 Å². The number of hydrogen-bond acceptors (Lipinski definition) is 3. The second-order valence-electron chi connectivity index (χ2n) is 6.44. The van der Waals surface area contributed by atoms with Crippen LogP contribution in [0.25, 0.3) is 0 Å². The van der Waals surface area contributed by atoms with E-state index >= 15 is 0 Å². The Kier molecular flexibility index (Phi) is 5.09. The van der Waals surface area contributed by atoms with E-state index in [0.717, 1.165) is 5.56 Å². The van der Waals surface area contributed by atoms with Crippen molar-refractivity contribution in [2.24, 2.45) is 5.73 Å². The van der Waals surface area contributed by atoms with Gasteiger partial charge >= 0.3 is 6.18 Å². The molecular weight excluding hydrogens is 365 g/mol. The molecule has 1 fully saturated rings. The van der Waals surface area contributed by atoms with Crippen LogP contribution in [0.4, 0.5) is 13.2 Å². The molecule has 4 nitrogen and oxygen atoms in total. The molecular formula is C18H19F3N2O2S. The molecule has 0 aliphatic carbocycles. The van der Waals surface area contributed by atoms with Crippen molar-refractivity contribution in [3.05, 3.63) is 65.7 Å². The molecule has 2 atom stereocenters. The zero-order valence-corrected chi connectivity index (χ0v) is 14.7. The van der Waals surface area contributed by atoms with Gasteiger partial charge in [0.2, 0.25) is 10.0 Å². The van der Waals surface area contributed by atoms with E-state index in [1.54, 1.807) is 0 Å². The normalized spacial score (nSPS) is 21.8. The van der Waals surface area contributed by atoms with Gasteiger partial charge in [0.1, 0.15) is 0 Å². The van der Waals surface area contributed by atoms with Crippen LogP contribution in [0.5, 0.6) is 0 Å². The topological polar surface area (TPSA) is 63.4 Å². The van der Waals surface area contributed by atoms with E-state index in [0.29, 0.717) is 0 Å².